The molecule has 0 amide bonds. The van der Waals surface area contributed by atoms with Crippen molar-refractivity contribution in [3.05, 3.63) is 52.8 Å². The highest BCUT2D eigenvalue weighted by Gasteiger charge is 2.29. The van der Waals surface area contributed by atoms with Gasteiger partial charge in [0.1, 0.15) is 5.01 Å². The highest BCUT2D eigenvalue weighted by atomic mass is 32.1. The molecule has 0 spiro atoms. The van der Waals surface area contributed by atoms with Crippen molar-refractivity contribution < 1.29 is 17.9 Å². The van der Waals surface area contributed by atoms with E-state index in [1.807, 2.05) is 6.92 Å². The quantitative estimate of drug-likeness (QED) is 0.688. The number of rotatable bonds is 5. The Kier molecular flexibility index (Phi) is 5.19. The number of nitrogens with zero attached hydrogens (tertiary/aromatic N) is 3. The zero-order chi connectivity index (χ0) is 18.7. The molecule has 0 aliphatic heterocycles. The first-order chi connectivity index (χ1) is 12.4. The molecule has 3 aromatic rings. The minimum absolute atomic E-state index is 0.295. The lowest BCUT2D eigenvalue weighted by Crippen LogP contribution is -2.04. The third-order valence-electron chi connectivity index (χ3n) is 3.47. The van der Waals surface area contributed by atoms with Crippen LogP contribution in [0.4, 0.5) is 24.8 Å². The van der Waals surface area contributed by atoms with Crippen LogP contribution in [-0.4, -0.2) is 22.1 Å². The minimum Gasteiger partial charge on any atom is -0.378 e. The van der Waals surface area contributed by atoms with Gasteiger partial charge in [-0.15, -0.1) is 11.3 Å². The largest absolute Gasteiger partial charge is 0.416 e. The molecular formula is C17H15F3N4OS. The maximum Gasteiger partial charge on any atom is 0.416 e. The summed E-state index contributed by atoms with van der Waals surface area (Å²) in [6.45, 7) is 2.31. The summed E-state index contributed by atoms with van der Waals surface area (Å²) in [6, 6.07) is 6.46. The number of nitrogens with one attached hydrogen (secondary N) is 1. The van der Waals surface area contributed by atoms with Crippen LogP contribution in [0.25, 0.3) is 10.6 Å². The van der Waals surface area contributed by atoms with Crippen LogP contribution >= 0.6 is 11.3 Å². The van der Waals surface area contributed by atoms with Crippen molar-refractivity contribution in [3.63, 3.8) is 0 Å². The molecule has 2 aromatic heterocycles. The van der Waals surface area contributed by atoms with Crippen LogP contribution in [0.1, 0.15) is 16.3 Å². The summed E-state index contributed by atoms with van der Waals surface area (Å²) in [5.41, 5.74) is 1.29. The Hall–Kier alpha value is -2.52. The SMILES string of the molecule is COCc1nc(C)c(-c2ccnc(Nc3ccc(C(F)(F)F)cc3)n2)s1. The molecule has 0 radical (unpaired) electrons. The predicted molar refractivity (Wildman–Crippen MR) is 93.3 cm³/mol. The lowest BCUT2D eigenvalue weighted by molar-refractivity contribution is -0.137. The number of halogens is 3. The van der Waals surface area contributed by atoms with Crippen LogP contribution < -0.4 is 5.32 Å². The average molecular weight is 380 g/mol. The molecule has 136 valence electrons. The molecule has 0 bridgehead atoms. The third kappa shape index (κ3) is 4.17. The van der Waals surface area contributed by atoms with E-state index in [0.29, 0.717) is 23.9 Å². The van der Waals surface area contributed by atoms with Gasteiger partial charge in [0.25, 0.3) is 0 Å². The third-order valence-corrected chi connectivity index (χ3v) is 4.62. The number of methoxy groups -OCH3 is 1. The lowest BCUT2D eigenvalue weighted by atomic mass is 10.2. The summed E-state index contributed by atoms with van der Waals surface area (Å²) in [6.07, 6.45) is -2.78. The van der Waals surface area contributed by atoms with Gasteiger partial charge in [0, 0.05) is 19.0 Å². The van der Waals surface area contributed by atoms with Crippen LogP contribution in [0, 0.1) is 6.92 Å². The van der Waals surface area contributed by atoms with Crippen LogP contribution in [0.5, 0.6) is 0 Å². The smallest absolute Gasteiger partial charge is 0.378 e. The molecule has 1 N–H and O–H groups in total. The van der Waals surface area contributed by atoms with E-state index in [-0.39, 0.29) is 0 Å². The van der Waals surface area contributed by atoms with Crippen molar-refractivity contribution >= 4 is 23.0 Å². The standard InChI is InChI=1S/C17H15F3N4OS/c1-10-15(26-14(22-10)9-25-2)13-7-8-21-16(24-13)23-12-5-3-11(4-6-12)17(18,19)20/h3-8H,9H2,1-2H3,(H,21,23,24). The van der Waals surface area contributed by atoms with E-state index >= 15 is 0 Å². The molecule has 2 heterocycles. The normalized spacial score (nSPS) is 11.6. The number of alkyl halides is 3. The zero-order valence-corrected chi connectivity index (χ0v) is 14.8. The van der Waals surface area contributed by atoms with Crippen molar-refractivity contribution in [3.8, 4) is 10.6 Å². The maximum atomic E-state index is 12.6. The lowest BCUT2D eigenvalue weighted by Gasteiger charge is -2.09. The predicted octanol–water partition coefficient (Wildman–Crippen LogP) is 4.82. The van der Waals surface area contributed by atoms with Crippen molar-refractivity contribution in [2.75, 3.05) is 12.4 Å². The summed E-state index contributed by atoms with van der Waals surface area (Å²) in [4.78, 5) is 13.9. The first-order valence-electron chi connectivity index (χ1n) is 7.60. The molecule has 0 aliphatic rings. The van der Waals surface area contributed by atoms with Gasteiger partial charge >= 0.3 is 6.18 Å². The number of aromatic nitrogens is 3. The first kappa shape index (κ1) is 18.3. The molecule has 26 heavy (non-hydrogen) atoms. The van der Waals surface area contributed by atoms with E-state index in [1.165, 1.54) is 23.5 Å². The Balaban J connectivity index is 1.81. The van der Waals surface area contributed by atoms with E-state index in [2.05, 4.69) is 20.3 Å². The second-order valence-corrected chi connectivity index (χ2v) is 6.50. The Bertz CT molecular complexity index is 894. The van der Waals surface area contributed by atoms with Gasteiger partial charge in [-0.3, -0.25) is 0 Å². The molecule has 0 atom stereocenters. The number of thiazole rings is 1. The number of hydrogen-bond acceptors (Lipinski definition) is 6. The van der Waals surface area contributed by atoms with Crippen molar-refractivity contribution in [2.45, 2.75) is 19.7 Å². The molecule has 5 nitrogen and oxygen atoms in total. The highest BCUT2D eigenvalue weighted by Crippen LogP contribution is 2.31. The number of aryl methyl sites for hydroxylation is 1. The van der Waals surface area contributed by atoms with Gasteiger partial charge in [0.2, 0.25) is 5.95 Å². The number of ether oxygens (including phenoxy) is 1. The number of benzene rings is 1. The van der Waals surface area contributed by atoms with E-state index in [1.54, 1.807) is 19.4 Å². The first-order valence-corrected chi connectivity index (χ1v) is 8.41. The van der Waals surface area contributed by atoms with Crippen LogP contribution in [0.15, 0.2) is 36.5 Å². The molecule has 1 aromatic carbocycles. The van der Waals surface area contributed by atoms with Crippen molar-refractivity contribution in [1.82, 2.24) is 15.0 Å². The minimum atomic E-state index is -4.36. The highest BCUT2D eigenvalue weighted by molar-refractivity contribution is 7.15. The molecular weight excluding hydrogens is 365 g/mol. The zero-order valence-electron chi connectivity index (χ0n) is 14.0. The van der Waals surface area contributed by atoms with Crippen molar-refractivity contribution in [1.29, 1.82) is 0 Å². The second-order valence-electron chi connectivity index (χ2n) is 5.42. The van der Waals surface area contributed by atoms with Crippen LogP contribution in [0.3, 0.4) is 0 Å². The van der Waals surface area contributed by atoms with Crippen molar-refractivity contribution in [2.24, 2.45) is 0 Å². The van der Waals surface area contributed by atoms with Gasteiger partial charge in [-0.2, -0.15) is 13.2 Å². The van der Waals surface area contributed by atoms with Gasteiger partial charge < -0.3 is 10.1 Å². The van der Waals surface area contributed by atoms with E-state index in [0.717, 1.165) is 27.7 Å². The van der Waals surface area contributed by atoms with Gasteiger partial charge in [-0.1, -0.05) is 0 Å². The fraction of sp³-hybridized carbons (Fsp3) is 0.235. The monoisotopic (exact) mass is 380 g/mol. The summed E-state index contributed by atoms with van der Waals surface area (Å²) in [5.74, 6) is 0.295. The van der Waals surface area contributed by atoms with E-state index < -0.39 is 11.7 Å². The Morgan fingerprint density at radius 3 is 2.50 bits per heavy atom. The van der Waals surface area contributed by atoms with Gasteiger partial charge in [-0.05, 0) is 37.3 Å². The molecule has 9 heteroatoms. The topological polar surface area (TPSA) is 59.9 Å². The Morgan fingerprint density at radius 2 is 1.85 bits per heavy atom. The average Bonchev–Trinajstić information content (AvgIpc) is 2.96. The summed E-state index contributed by atoms with van der Waals surface area (Å²) < 4.78 is 43.0. The number of anilines is 2. The molecule has 0 saturated carbocycles. The fourth-order valence-electron chi connectivity index (χ4n) is 2.29. The Labute approximate surface area is 151 Å². The van der Waals surface area contributed by atoms with Gasteiger partial charge in [0.05, 0.1) is 28.4 Å². The molecule has 3 rings (SSSR count). The van der Waals surface area contributed by atoms with Crippen LogP contribution in [-0.2, 0) is 17.5 Å². The molecule has 0 fully saturated rings. The number of hydrogen-bond donors (Lipinski definition) is 1. The summed E-state index contributed by atoms with van der Waals surface area (Å²) in [5, 5.41) is 3.76. The van der Waals surface area contributed by atoms with E-state index in [9.17, 15) is 13.2 Å². The summed E-state index contributed by atoms with van der Waals surface area (Å²) >= 11 is 1.48. The van der Waals surface area contributed by atoms with E-state index in [4.69, 9.17) is 4.74 Å². The molecule has 0 aliphatic carbocycles. The summed E-state index contributed by atoms with van der Waals surface area (Å²) in [7, 11) is 1.60. The Morgan fingerprint density at radius 1 is 1.12 bits per heavy atom. The van der Waals surface area contributed by atoms with Gasteiger partial charge in [-0.25, -0.2) is 15.0 Å². The molecule has 0 saturated heterocycles. The van der Waals surface area contributed by atoms with Gasteiger partial charge in [0.15, 0.2) is 0 Å². The maximum absolute atomic E-state index is 12.6. The van der Waals surface area contributed by atoms with Crippen LogP contribution in [0.2, 0.25) is 0 Å². The fourth-order valence-corrected chi connectivity index (χ4v) is 3.30. The second kappa shape index (κ2) is 7.38. The molecule has 0 unspecified atom stereocenters.